The number of hydrogen-bond acceptors (Lipinski definition) is 4. The van der Waals surface area contributed by atoms with Gasteiger partial charge in [-0.05, 0) is 29.8 Å². The van der Waals surface area contributed by atoms with Crippen molar-refractivity contribution in [3.8, 4) is 0 Å². The Morgan fingerprint density at radius 2 is 1.92 bits per heavy atom. The largest absolute Gasteiger partial charge is 0.288 e. The highest BCUT2D eigenvalue weighted by atomic mass is 79.9. The molecule has 0 aliphatic carbocycles. The first-order chi connectivity index (χ1) is 11.6. The van der Waals surface area contributed by atoms with E-state index in [-0.39, 0.29) is 5.91 Å². The molecule has 3 N–H and O–H groups in total. The summed E-state index contributed by atoms with van der Waals surface area (Å²) in [5.74, 6) is -1.02. The van der Waals surface area contributed by atoms with Crippen LogP contribution in [0.5, 0.6) is 0 Å². The molecule has 0 atom stereocenters. The molecule has 0 spiro atoms. The van der Waals surface area contributed by atoms with E-state index in [1.807, 2.05) is 24.3 Å². The lowest BCUT2D eigenvalue weighted by Gasteiger charge is -2.02. The van der Waals surface area contributed by atoms with E-state index in [0.29, 0.717) is 11.1 Å². The van der Waals surface area contributed by atoms with Crippen molar-refractivity contribution in [3.05, 3.63) is 75.8 Å². The van der Waals surface area contributed by atoms with Gasteiger partial charge < -0.3 is 0 Å². The number of carbonyl (C=O) groups excluding carboxylic acids is 2. The number of hydrazone groups is 1. The van der Waals surface area contributed by atoms with Crippen LogP contribution < -0.4 is 10.9 Å². The zero-order chi connectivity index (χ0) is 17.4. The molecule has 0 heterocycles. The summed E-state index contributed by atoms with van der Waals surface area (Å²) >= 11 is 3.39. The number of rotatable bonds is 5. The second-order valence-electron chi connectivity index (χ2n) is 4.66. The lowest BCUT2D eigenvalue weighted by molar-refractivity contribution is -0.124. The van der Waals surface area contributed by atoms with Gasteiger partial charge in [-0.2, -0.15) is 5.10 Å². The quantitative estimate of drug-likeness (QED) is 0.318. The van der Waals surface area contributed by atoms with Gasteiger partial charge in [0, 0.05) is 21.7 Å². The molecule has 2 aromatic rings. The highest BCUT2D eigenvalue weighted by Gasteiger charge is 2.04. The minimum Gasteiger partial charge on any atom is -0.288 e. The lowest BCUT2D eigenvalue weighted by Crippen LogP contribution is -2.17. The van der Waals surface area contributed by atoms with E-state index in [4.69, 9.17) is 5.21 Å². The summed E-state index contributed by atoms with van der Waals surface area (Å²) in [6.45, 7) is 0. The molecule has 0 aliphatic heterocycles. The van der Waals surface area contributed by atoms with Crippen LogP contribution in [-0.2, 0) is 4.79 Å². The fourth-order valence-corrected chi connectivity index (χ4v) is 2.18. The summed E-state index contributed by atoms with van der Waals surface area (Å²) in [7, 11) is 0. The van der Waals surface area contributed by atoms with E-state index in [2.05, 4.69) is 26.5 Å². The second kappa shape index (κ2) is 8.76. The van der Waals surface area contributed by atoms with Gasteiger partial charge in [0.05, 0.1) is 6.21 Å². The predicted octanol–water partition coefficient (Wildman–Crippen LogP) is 2.73. The highest BCUT2D eigenvalue weighted by Crippen LogP contribution is 2.13. The van der Waals surface area contributed by atoms with Crippen molar-refractivity contribution in [1.82, 2.24) is 10.9 Å². The normalized spacial score (nSPS) is 10.9. The van der Waals surface area contributed by atoms with Crippen LogP contribution in [0.2, 0.25) is 0 Å². The maximum absolute atomic E-state index is 12.1. The van der Waals surface area contributed by atoms with Crippen LogP contribution in [0.25, 0.3) is 6.08 Å². The van der Waals surface area contributed by atoms with Crippen LogP contribution in [0.15, 0.2) is 64.2 Å². The fourth-order valence-electron chi connectivity index (χ4n) is 1.80. The number of hydroxylamine groups is 1. The standard InChI is InChI=1S/C17H14BrN3O3/c18-15-7-2-1-5-14(15)11-19-20-17(23)13-6-3-4-12(10-13)8-9-16(22)21-24/h1-11,24H,(H,20,23)(H,21,22)/b9-8+,19-11+. The Kier molecular flexibility index (Phi) is 6.41. The minimum atomic E-state index is -0.650. The zero-order valence-electron chi connectivity index (χ0n) is 12.4. The van der Waals surface area contributed by atoms with E-state index in [1.54, 1.807) is 24.3 Å². The molecule has 0 fully saturated rings. The third kappa shape index (κ3) is 5.15. The van der Waals surface area contributed by atoms with Gasteiger partial charge in [-0.15, -0.1) is 0 Å². The smallest absolute Gasteiger partial charge is 0.271 e. The van der Waals surface area contributed by atoms with Crippen LogP contribution >= 0.6 is 15.9 Å². The number of amides is 2. The van der Waals surface area contributed by atoms with Crippen LogP contribution in [0.3, 0.4) is 0 Å². The Bertz CT molecular complexity index is 803. The van der Waals surface area contributed by atoms with E-state index < -0.39 is 5.91 Å². The molecule has 0 aliphatic rings. The number of nitrogens with one attached hydrogen (secondary N) is 2. The molecule has 122 valence electrons. The highest BCUT2D eigenvalue weighted by molar-refractivity contribution is 9.10. The minimum absolute atomic E-state index is 0.375. The third-order valence-corrected chi connectivity index (χ3v) is 3.68. The summed E-state index contributed by atoms with van der Waals surface area (Å²) in [4.78, 5) is 23.0. The molecule has 2 aromatic carbocycles. The van der Waals surface area contributed by atoms with E-state index >= 15 is 0 Å². The Morgan fingerprint density at radius 1 is 1.12 bits per heavy atom. The Labute approximate surface area is 147 Å². The molecule has 7 heteroatoms. The summed E-state index contributed by atoms with van der Waals surface area (Å²) in [6, 6.07) is 14.1. The van der Waals surface area contributed by atoms with Crippen molar-refractivity contribution >= 4 is 40.0 Å². The molecule has 0 bridgehead atoms. The predicted molar refractivity (Wildman–Crippen MR) is 94.6 cm³/mol. The van der Waals surface area contributed by atoms with Crippen molar-refractivity contribution < 1.29 is 14.8 Å². The molecular formula is C17H14BrN3O3. The number of hydrogen-bond donors (Lipinski definition) is 3. The van der Waals surface area contributed by atoms with Crippen LogP contribution in [-0.4, -0.2) is 23.2 Å². The monoisotopic (exact) mass is 387 g/mol. The molecule has 0 saturated heterocycles. The van der Waals surface area contributed by atoms with Gasteiger partial charge in [0.25, 0.3) is 11.8 Å². The van der Waals surface area contributed by atoms with E-state index in [1.165, 1.54) is 17.8 Å². The first-order valence-corrected chi connectivity index (χ1v) is 7.69. The average Bonchev–Trinajstić information content (AvgIpc) is 2.61. The van der Waals surface area contributed by atoms with Gasteiger partial charge in [0.1, 0.15) is 0 Å². The first-order valence-electron chi connectivity index (χ1n) is 6.90. The number of nitrogens with zero attached hydrogens (tertiary/aromatic N) is 1. The van der Waals surface area contributed by atoms with Crippen LogP contribution in [0, 0.1) is 0 Å². The van der Waals surface area contributed by atoms with Gasteiger partial charge in [-0.1, -0.05) is 46.3 Å². The summed E-state index contributed by atoms with van der Waals surface area (Å²) in [5, 5.41) is 12.4. The van der Waals surface area contributed by atoms with Gasteiger partial charge in [-0.25, -0.2) is 10.9 Å². The van der Waals surface area contributed by atoms with Crippen molar-refractivity contribution in [2.75, 3.05) is 0 Å². The third-order valence-electron chi connectivity index (χ3n) is 2.96. The molecule has 0 radical (unpaired) electrons. The van der Waals surface area contributed by atoms with E-state index in [9.17, 15) is 9.59 Å². The van der Waals surface area contributed by atoms with Gasteiger partial charge in [0.15, 0.2) is 0 Å². The van der Waals surface area contributed by atoms with Crippen molar-refractivity contribution in [2.24, 2.45) is 5.10 Å². The summed E-state index contributed by atoms with van der Waals surface area (Å²) in [6.07, 6.45) is 4.17. The zero-order valence-corrected chi connectivity index (χ0v) is 14.0. The lowest BCUT2D eigenvalue weighted by atomic mass is 10.1. The number of benzene rings is 2. The maximum Gasteiger partial charge on any atom is 0.271 e. The Hall–Kier alpha value is -2.77. The molecular weight excluding hydrogens is 374 g/mol. The summed E-state index contributed by atoms with van der Waals surface area (Å²) < 4.78 is 0.872. The van der Waals surface area contributed by atoms with Crippen molar-refractivity contribution in [1.29, 1.82) is 0 Å². The first kappa shape index (κ1) is 17.6. The van der Waals surface area contributed by atoms with Crippen LogP contribution in [0.4, 0.5) is 0 Å². The SMILES string of the molecule is O=C(/C=C/c1cccc(C(=O)N/N=C/c2ccccc2Br)c1)NO. The maximum atomic E-state index is 12.1. The Morgan fingerprint density at radius 3 is 2.67 bits per heavy atom. The van der Waals surface area contributed by atoms with Gasteiger partial charge in [-0.3, -0.25) is 14.8 Å². The summed E-state index contributed by atoms with van der Waals surface area (Å²) in [5.41, 5.74) is 5.81. The Balaban J connectivity index is 2.03. The molecule has 0 unspecified atom stereocenters. The van der Waals surface area contributed by atoms with E-state index in [0.717, 1.165) is 16.1 Å². The molecule has 0 saturated carbocycles. The fraction of sp³-hybridized carbons (Fsp3) is 0. The second-order valence-corrected chi connectivity index (χ2v) is 5.51. The average molecular weight is 388 g/mol. The van der Waals surface area contributed by atoms with Crippen molar-refractivity contribution in [3.63, 3.8) is 0 Å². The molecule has 2 rings (SSSR count). The van der Waals surface area contributed by atoms with Gasteiger partial charge >= 0.3 is 0 Å². The molecule has 2 amide bonds. The number of halogens is 1. The molecule has 24 heavy (non-hydrogen) atoms. The topological polar surface area (TPSA) is 90.8 Å². The molecule has 6 nitrogen and oxygen atoms in total. The van der Waals surface area contributed by atoms with Crippen molar-refractivity contribution in [2.45, 2.75) is 0 Å². The number of carbonyl (C=O) groups is 2. The molecule has 0 aromatic heterocycles. The van der Waals surface area contributed by atoms with Gasteiger partial charge in [0.2, 0.25) is 0 Å². The van der Waals surface area contributed by atoms with Crippen LogP contribution in [0.1, 0.15) is 21.5 Å².